The van der Waals surface area contributed by atoms with Crippen molar-refractivity contribution in [2.45, 2.75) is 19.3 Å². The Labute approximate surface area is 100 Å². The smallest absolute Gasteiger partial charge is 0.427 e. The van der Waals surface area contributed by atoms with Gasteiger partial charge in [0, 0.05) is 0 Å². The van der Waals surface area contributed by atoms with Crippen molar-refractivity contribution in [2.24, 2.45) is 0 Å². The lowest BCUT2D eigenvalue weighted by Crippen LogP contribution is -2.34. The zero-order valence-corrected chi connectivity index (χ0v) is 9.33. The molecular formula is C11H10F4O3. The number of aryl methyl sites for hydroxylation is 1. The number of para-hydroxylation sites is 1. The minimum absolute atomic E-state index is 0.114. The first-order valence-corrected chi connectivity index (χ1v) is 4.89. The third kappa shape index (κ3) is 3.90. The summed E-state index contributed by atoms with van der Waals surface area (Å²) >= 11 is 0. The summed E-state index contributed by atoms with van der Waals surface area (Å²) in [6, 6.07) is 6.28. The van der Waals surface area contributed by atoms with Crippen molar-refractivity contribution in [3.05, 3.63) is 29.8 Å². The Kier molecular flexibility index (Phi) is 4.52. The Balaban J connectivity index is 2.51. The number of rotatable bonds is 4. The van der Waals surface area contributed by atoms with Crippen molar-refractivity contribution in [2.75, 3.05) is 6.61 Å². The summed E-state index contributed by atoms with van der Waals surface area (Å²) in [6.07, 6.45) is -5.35. The molecule has 0 aliphatic rings. The van der Waals surface area contributed by atoms with Crippen molar-refractivity contribution in [3.63, 3.8) is 0 Å². The van der Waals surface area contributed by atoms with E-state index in [0.717, 1.165) is 0 Å². The molecule has 0 heterocycles. The summed E-state index contributed by atoms with van der Waals surface area (Å²) in [5.74, 6) is -4.27. The molecule has 0 aliphatic carbocycles. The van der Waals surface area contributed by atoms with Crippen LogP contribution in [0.1, 0.15) is 5.56 Å². The average molecular weight is 266 g/mol. The third-order valence-electron chi connectivity index (χ3n) is 1.99. The van der Waals surface area contributed by atoms with E-state index in [9.17, 15) is 22.4 Å². The Morgan fingerprint density at radius 3 is 2.50 bits per heavy atom. The number of ether oxygens (including phenoxy) is 2. The van der Waals surface area contributed by atoms with Gasteiger partial charge in [0.25, 0.3) is 0 Å². The van der Waals surface area contributed by atoms with Gasteiger partial charge in [-0.05, 0) is 18.6 Å². The molecule has 0 atom stereocenters. The van der Waals surface area contributed by atoms with E-state index in [1.165, 1.54) is 6.07 Å². The highest BCUT2D eigenvalue weighted by Gasteiger charge is 2.42. The van der Waals surface area contributed by atoms with Crippen LogP contribution >= 0.6 is 0 Å². The lowest BCUT2D eigenvalue weighted by atomic mass is 10.2. The number of halogens is 4. The van der Waals surface area contributed by atoms with Crippen molar-refractivity contribution < 1.29 is 31.8 Å². The van der Waals surface area contributed by atoms with Gasteiger partial charge in [-0.3, -0.25) is 0 Å². The van der Waals surface area contributed by atoms with Gasteiger partial charge < -0.3 is 9.47 Å². The molecule has 3 nitrogen and oxygen atoms in total. The maximum absolute atomic E-state index is 12.4. The number of hydrogen-bond acceptors (Lipinski definition) is 3. The number of carbonyl (C=O) groups is 1. The fourth-order valence-electron chi connectivity index (χ4n) is 1.01. The summed E-state index contributed by atoms with van der Waals surface area (Å²) in [5.41, 5.74) is 0.579. The molecule has 0 aliphatic heterocycles. The fourth-order valence-corrected chi connectivity index (χ4v) is 1.01. The predicted molar refractivity (Wildman–Crippen MR) is 54.1 cm³/mol. The molecule has 0 aromatic heterocycles. The second-order valence-electron chi connectivity index (χ2n) is 3.47. The summed E-state index contributed by atoms with van der Waals surface area (Å²) in [7, 11) is 0. The molecule has 0 saturated carbocycles. The van der Waals surface area contributed by atoms with Gasteiger partial charge >= 0.3 is 18.5 Å². The topological polar surface area (TPSA) is 35.5 Å². The van der Waals surface area contributed by atoms with E-state index in [1.807, 2.05) is 0 Å². The summed E-state index contributed by atoms with van der Waals surface area (Å²) in [5, 5.41) is 0. The van der Waals surface area contributed by atoms with Crippen molar-refractivity contribution >= 4 is 6.16 Å². The van der Waals surface area contributed by atoms with Gasteiger partial charge in [0.2, 0.25) is 0 Å². The van der Waals surface area contributed by atoms with Crippen molar-refractivity contribution in [3.8, 4) is 5.75 Å². The summed E-state index contributed by atoms with van der Waals surface area (Å²) < 4.78 is 56.9. The van der Waals surface area contributed by atoms with Crippen LogP contribution in [0.25, 0.3) is 0 Å². The van der Waals surface area contributed by atoms with Gasteiger partial charge in [0.1, 0.15) is 5.75 Å². The van der Waals surface area contributed by atoms with Crippen LogP contribution in [-0.2, 0) is 4.74 Å². The van der Waals surface area contributed by atoms with Crippen LogP contribution in [0.15, 0.2) is 24.3 Å². The summed E-state index contributed by atoms with van der Waals surface area (Å²) in [4.78, 5) is 11.0. The van der Waals surface area contributed by atoms with Gasteiger partial charge in [0.15, 0.2) is 6.61 Å². The molecule has 7 heteroatoms. The Bertz CT molecular complexity index is 421. The zero-order valence-electron chi connectivity index (χ0n) is 9.33. The molecule has 0 spiro atoms. The Hall–Kier alpha value is -1.79. The third-order valence-corrected chi connectivity index (χ3v) is 1.99. The molecule has 1 rings (SSSR count). The van der Waals surface area contributed by atoms with Gasteiger partial charge in [-0.2, -0.15) is 8.78 Å². The fraction of sp³-hybridized carbons (Fsp3) is 0.364. The highest BCUT2D eigenvalue weighted by atomic mass is 19.3. The van der Waals surface area contributed by atoms with Crippen LogP contribution < -0.4 is 4.74 Å². The average Bonchev–Trinajstić information content (AvgIpc) is 2.29. The highest BCUT2D eigenvalue weighted by molar-refractivity contribution is 5.64. The second kappa shape index (κ2) is 5.70. The van der Waals surface area contributed by atoms with Crippen molar-refractivity contribution in [1.29, 1.82) is 0 Å². The van der Waals surface area contributed by atoms with E-state index in [4.69, 9.17) is 0 Å². The molecule has 1 aromatic carbocycles. The van der Waals surface area contributed by atoms with Crippen LogP contribution in [0.2, 0.25) is 0 Å². The number of hydrogen-bond donors (Lipinski definition) is 0. The number of carbonyl (C=O) groups excluding carboxylic acids is 1. The first-order valence-electron chi connectivity index (χ1n) is 4.89. The first kappa shape index (κ1) is 14.3. The summed E-state index contributed by atoms with van der Waals surface area (Å²) in [6.45, 7) is -0.105. The molecule has 0 saturated heterocycles. The van der Waals surface area contributed by atoms with Crippen LogP contribution in [0, 0.1) is 6.92 Å². The SMILES string of the molecule is Cc1ccccc1OC(=O)OCC(F)(F)C(F)F. The maximum Gasteiger partial charge on any atom is 0.514 e. The molecule has 0 amide bonds. The van der Waals surface area contributed by atoms with Crippen LogP contribution in [0.3, 0.4) is 0 Å². The molecule has 0 fully saturated rings. The van der Waals surface area contributed by atoms with E-state index in [-0.39, 0.29) is 5.75 Å². The van der Waals surface area contributed by atoms with Gasteiger partial charge in [-0.1, -0.05) is 18.2 Å². The lowest BCUT2D eigenvalue weighted by molar-refractivity contribution is -0.156. The first-order chi connectivity index (χ1) is 8.33. The minimum atomic E-state index is -4.38. The number of benzene rings is 1. The van der Waals surface area contributed by atoms with Crippen LogP contribution in [-0.4, -0.2) is 25.1 Å². The largest absolute Gasteiger partial charge is 0.514 e. The van der Waals surface area contributed by atoms with Crippen LogP contribution in [0.4, 0.5) is 22.4 Å². The molecule has 18 heavy (non-hydrogen) atoms. The maximum atomic E-state index is 12.4. The molecule has 0 radical (unpaired) electrons. The van der Waals surface area contributed by atoms with Crippen LogP contribution in [0.5, 0.6) is 5.75 Å². The molecular weight excluding hydrogens is 256 g/mol. The Morgan fingerprint density at radius 1 is 1.33 bits per heavy atom. The monoisotopic (exact) mass is 266 g/mol. The standard InChI is InChI=1S/C11H10F4O3/c1-7-4-2-3-5-8(7)18-10(16)17-6-11(14,15)9(12)13/h2-5,9H,6H2,1H3. The van der Waals surface area contributed by atoms with E-state index >= 15 is 0 Å². The predicted octanol–water partition coefficient (Wildman–Crippen LogP) is 3.41. The highest BCUT2D eigenvalue weighted by Crippen LogP contribution is 2.23. The second-order valence-corrected chi connectivity index (χ2v) is 3.47. The molecule has 0 N–H and O–H groups in total. The molecule has 0 bridgehead atoms. The zero-order chi connectivity index (χ0) is 13.8. The van der Waals surface area contributed by atoms with E-state index in [2.05, 4.69) is 9.47 Å². The minimum Gasteiger partial charge on any atom is -0.427 e. The van der Waals surface area contributed by atoms with E-state index < -0.39 is 25.1 Å². The molecule has 0 unspecified atom stereocenters. The normalized spacial score (nSPS) is 11.4. The van der Waals surface area contributed by atoms with E-state index in [1.54, 1.807) is 25.1 Å². The quantitative estimate of drug-likeness (QED) is 0.476. The van der Waals surface area contributed by atoms with Gasteiger partial charge in [-0.25, -0.2) is 13.6 Å². The molecule has 1 aromatic rings. The van der Waals surface area contributed by atoms with Gasteiger partial charge in [0.05, 0.1) is 0 Å². The van der Waals surface area contributed by atoms with E-state index in [0.29, 0.717) is 5.56 Å². The number of alkyl halides is 4. The van der Waals surface area contributed by atoms with Crippen molar-refractivity contribution in [1.82, 2.24) is 0 Å². The Morgan fingerprint density at radius 2 is 1.94 bits per heavy atom. The van der Waals surface area contributed by atoms with Gasteiger partial charge in [-0.15, -0.1) is 0 Å². The lowest BCUT2D eigenvalue weighted by Gasteiger charge is -2.15. The molecule has 100 valence electrons.